The van der Waals surface area contributed by atoms with Crippen LogP contribution in [0.3, 0.4) is 0 Å². The molecule has 0 bridgehead atoms. The first-order valence-electron chi connectivity index (χ1n) is 5.52. The Bertz CT molecular complexity index is 368. The van der Waals surface area contributed by atoms with Crippen LogP contribution in [0.25, 0.3) is 0 Å². The molecule has 88 valence electrons. The van der Waals surface area contributed by atoms with Gasteiger partial charge in [0.05, 0.1) is 12.2 Å². The van der Waals surface area contributed by atoms with Crippen molar-refractivity contribution in [1.82, 2.24) is 15.1 Å². The number of nitrogens with one attached hydrogen (secondary N) is 1. The summed E-state index contributed by atoms with van der Waals surface area (Å²) in [7, 11) is 1.87. The van der Waals surface area contributed by atoms with Crippen molar-refractivity contribution in [3.63, 3.8) is 0 Å². The Morgan fingerprint density at radius 3 is 3.00 bits per heavy atom. The van der Waals surface area contributed by atoms with E-state index >= 15 is 0 Å². The molecule has 0 unspecified atom stereocenters. The topological polar surface area (TPSA) is 46.9 Å². The second-order valence-electron chi connectivity index (χ2n) is 3.74. The summed E-state index contributed by atoms with van der Waals surface area (Å²) in [5.74, 6) is 0.174. The number of rotatable bonds is 7. The van der Waals surface area contributed by atoms with Crippen molar-refractivity contribution in [1.29, 1.82) is 0 Å². The monoisotopic (exact) mass is 221 g/mol. The molecule has 0 saturated carbocycles. The predicted octanol–water partition coefficient (Wildman–Crippen LogP) is 0.870. The quantitative estimate of drug-likeness (QED) is 0.549. The molecule has 0 atom stereocenters. The second-order valence-corrected chi connectivity index (χ2v) is 3.74. The maximum atomic E-state index is 11.6. The zero-order valence-electron chi connectivity index (χ0n) is 9.99. The third kappa shape index (κ3) is 3.62. The number of hydrogen-bond acceptors (Lipinski definition) is 3. The molecule has 0 radical (unpaired) electrons. The largest absolute Gasteiger partial charge is 0.307 e. The number of carbonyl (C=O) groups excluding carboxylic acids is 1. The van der Waals surface area contributed by atoms with E-state index in [0.29, 0.717) is 19.5 Å². The zero-order chi connectivity index (χ0) is 12.0. The molecule has 4 nitrogen and oxygen atoms in total. The molecule has 1 N–H and O–H groups in total. The summed E-state index contributed by atoms with van der Waals surface area (Å²) in [6.07, 6.45) is 3.08. The number of aromatic nitrogens is 2. The normalized spacial score (nSPS) is 10.4. The van der Waals surface area contributed by atoms with E-state index in [9.17, 15) is 4.79 Å². The Balaban J connectivity index is 2.48. The minimum atomic E-state index is 0.174. The molecule has 1 aromatic heterocycles. The summed E-state index contributed by atoms with van der Waals surface area (Å²) < 4.78 is 1.78. The Labute approximate surface area is 96.3 Å². The van der Waals surface area contributed by atoms with Gasteiger partial charge in [0.1, 0.15) is 0 Å². The number of nitrogens with zero attached hydrogens (tertiary/aromatic N) is 2. The molecule has 4 heteroatoms. The third-order valence-electron chi connectivity index (χ3n) is 2.38. The van der Waals surface area contributed by atoms with Crippen LogP contribution in [0.5, 0.6) is 0 Å². The van der Waals surface area contributed by atoms with Crippen LogP contribution >= 0.6 is 0 Å². The number of Topliss-reactive ketones (excluding diaryl/α,β-unsaturated/α-hetero) is 1. The second kappa shape index (κ2) is 6.23. The highest BCUT2D eigenvalue weighted by atomic mass is 16.1. The first-order valence-corrected chi connectivity index (χ1v) is 5.52. The fraction of sp³-hybridized carbons (Fsp3) is 0.500. The van der Waals surface area contributed by atoms with E-state index < -0.39 is 0 Å². The number of aryl methyl sites for hydroxylation is 2. The van der Waals surface area contributed by atoms with E-state index in [4.69, 9.17) is 0 Å². The molecular formula is C12H19N3O. The Kier molecular flexibility index (Phi) is 4.92. The highest BCUT2D eigenvalue weighted by Crippen LogP contribution is 2.04. The third-order valence-corrected chi connectivity index (χ3v) is 2.38. The lowest BCUT2D eigenvalue weighted by molar-refractivity contribution is -0.117. The van der Waals surface area contributed by atoms with Crippen LogP contribution in [0, 0.1) is 0 Å². The summed E-state index contributed by atoms with van der Waals surface area (Å²) >= 11 is 0. The average Bonchev–Trinajstić information content (AvgIpc) is 2.60. The molecule has 0 aliphatic rings. The van der Waals surface area contributed by atoms with Crippen molar-refractivity contribution in [2.45, 2.75) is 19.8 Å². The minimum absolute atomic E-state index is 0.174. The molecule has 1 heterocycles. The van der Waals surface area contributed by atoms with Crippen molar-refractivity contribution in [2.75, 3.05) is 13.1 Å². The highest BCUT2D eigenvalue weighted by Gasteiger charge is 2.08. The van der Waals surface area contributed by atoms with Crippen molar-refractivity contribution in [3.05, 3.63) is 30.1 Å². The summed E-state index contributed by atoms with van der Waals surface area (Å²) in [5.41, 5.74) is 2.01. The number of hydrogen-bond donors (Lipinski definition) is 1. The smallest absolute Gasteiger partial charge is 0.152 e. The Morgan fingerprint density at radius 2 is 2.44 bits per heavy atom. The average molecular weight is 221 g/mol. The fourth-order valence-corrected chi connectivity index (χ4v) is 1.49. The van der Waals surface area contributed by atoms with Gasteiger partial charge in [-0.3, -0.25) is 9.48 Å². The van der Waals surface area contributed by atoms with Gasteiger partial charge in [-0.25, -0.2) is 0 Å². The predicted molar refractivity (Wildman–Crippen MR) is 64.4 cm³/mol. The van der Waals surface area contributed by atoms with Crippen molar-refractivity contribution in [2.24, 2.45) is 7.05 Å². The van der Waals surface area contributed by atoms with Gasteiger partial charge in [0.25, 0.3) is 0 Å². The number of carbonyl (C=O) groups is 1. The zero-order valence-corrected chi connectivity index (χ0v) is 9.99. The van der Waals surface area contributed by atoms with E-state index in [1.54, 1.807) is 10.8 Å². The highest BCUT2D eigenvalue weighted by molar-refractivity contribution is 5.82. The van der Waals surface area contributed by atoms with E-state index in [1.807, 2.05) is 13.1 Å². The van der Waals surface area contributed by atoms with E-state index in [-0.39, 0.29) is 5.78 Å². The lowest BCUT2D eigenvalue weighted by Crippen LogP contribution is -2.24. The fourth-order valence-electron chi connectivity index (χ4n) is 1.49. The van der Waals surface area contributed by atoms with Crippen LogP contribution in [0.2, 0.25) is 0 Å². The summed E-state index contributed by atoms with van der Waals surface area (Å²) in [6.45, 7) is 6.69. The first-order chi connectivity index (χ1) is 7.67. The van der Waals surface area contributed by atoms with Gasteiger partial charge < -0.3 is 5.32 Å². The van der Waals surface area contributed by atoms with Crippen LogP contribution in [0.1, 0.15) is 18.3 Å². The first kappa shape index (κ1) is 12.6. The molecule has 0 fully saturated rings. The van der Waals surface area contributed by atoms with Gasteiger partial charge in [-0.15, -0.1) is 6.58 Å². The van der Waals surface area contributed by atoms with Gasteiger partial charge in [0.2, 0.25) is 0 Å². The maximum Gasteiger partial charge on any atom is 0.152 e. The van der Waals surface area contributed by atoms with E-state index in [2.05, 4.69) is 23.9 Å². The van der Waals surface area contributed by atoms with Gasteiger partial charge in [0, 0.05) is 25.7 Å². The van der Waals surface area contributed by atoms with Crippen molar-refractivity contribution in [3.8, 4) is 0 Å². The van der Waals surface area contributed by atoms with Crippen LogP contribution < -0.4 is 5.32 Å². The summed E-state index contributed by atoms with van der Waals surface area (Å²) in [4.78, 5) is 11.6. The Morgan fingerprint density at radius 1 is 1.69 bits per heavy atom. The van der Waals surface area contributed by atoms with Crippen molar-refractivity contribution < 1.29 is 4.79 Å². The standard InChI is InChI=1S/C12H19N3O/c1-4-6-13-9-12(16)8-11-7-10(5-2)14-15(11)3/h4,7,13H,1,5-6,8-9H2,2-3H3. The molecule has 1 rings (SSSR count). The van der Waals surface area contributed by atoms with Crippen LogP contribution in [-0.4, -0.2) is 28.7 Å². The van der Waals surface area contributed by atoms with Gasteiger partial charge in [-0.05, 0) is 12.5 Å². The summed E-state index contributed by atoms with van der Waals surface area (Å²) in [6, 6.07) is 1.99. The van der Waals surface area contributed by atoms with Crippen LogP contribution in [0.15, 0.2) is 18.7 Å². The molecular weight excluding hydrogens is 202 g/mol. The summed E-state index contributed by atoms with van der Waals surface area (Å²) in [5, 5.41) is 7.30. The van der Waals surface area contributed by atoms with Gasteiger partial charge in [-0.2, -0.15) is 5.10 Å². The van der Waals surface area contributed by atoms with Gasteiger partial charge in [0.15, 0.2) is 5.78 Å². The Hall–Kier alpha value is -1.42. The molecule has 0 spiro atoms. The number of ketones is 1. The molecule has 0 aliphatic heterocycles. The molecule has 0 aromatic carbocycles. The molecule has 16 heavy (non-hydrogen) atoms. The molecule has 0 amide bonds. The SMILES string of the molecule is C=CCNCC(=O)Cc1cc(CC)nn1C. The lowest BCUT2D eigenvalue weighted by atomic mass is 10.2. The molecule has 1 aromatic rings. The van der Waals surface area contributed by atoms with Crippen LogP contribution in [0.4, 0.5) is 0 Å². The van der Waals surface area contributed by atoms with E-state index in [1.165, 1.54) is 0 Å². The van der Waals surface area contributed by atoms with Gasteiger partial charge in [-0.1, -0.05) is 13.0 Å². The molecule has 0 aliphatic carbocycles. The lowest BCUT2D eigenvalue weighted by Gasteiger charge is -2.02. The van der Waals surface area contributed by atoms with Crippen LogP contribution in [-0.2, 0) is 24.7 Å². The van der Waals surface area contributed by atoms with Crippen molar-refractivity contribution >= 4 is 5.78 Å². The van der Waals surface area contributed by atoms with E-state index in [0.717, 1.165) is 17.8 Å². The van der Waals surface area contributed by atoms with Gasteiger partial charge >= 0.3 is 0 Å². The minimum Gasteiger partial charge on any atom is -0.307 e. The maximum absolute atomic E-state index is 11.6. The molecule has 0 saturated heterocycles.